The molecule has 4 unspecified atom stereocenters. The predicted octanol–water partition coefficient (Wildman–Crippen LogP) is 1.86. The van der Waals surface area contributed by atoms with Crippen molar-refractivity contribution in [3.05, 3.63) is 0 Å². The van der Waals surface area contributed by atoms with Crippen molar-refractivity contribution in [2.24, 2.45) is 5.92 Å². The Morgan fingerprint density at radius 1 is 1.35 bits per heavy atom. The fraction of sp³-hybridized carbons (Fsp3) is 1.00. The molecule has 0 radical (unpaired) electrons. The lowest BCUT2D eigenvalue weighted by molar-refractivity contribution is 0.0374. The number of hydrogen-bond donors (Lipinski definition) is 2. The van der Waals surface area contributed by atoms with Gasteiger partial charge in [-0.05, 0) is 59.0 Å². The van der Waals surface area contributed by atoms with Gasteiger partial charge in [0.1, 0.15) is 0 Å². The highest BCUT2D eigenvalue weighted by Crippen LogP contribution is 2.22. The van der Waals surface area contributed by atoms with E-state index in [2.05, 4.69) is 31.0 Å². The Bertz CT molecular complexity index is 208. The van der Waals surface area contributed by atoms with Crippen LogP contribution in [0.2, 0.25) is 0 Å². The fourth-order valence-electron chi connectivity index (χ4n) is 2.66. The van der Waals surface area contributed by atoms with E-state index in [1.54, 1.807) is 0 Å². The Morgan fingerprint density at radius 2 is 2.06 bits per heavy atom. The molecule has 0 aliphatic carbocycles. The molecule has 3 nitrogen and oxygen atoms in total. The first kappa shape index (κ1) is 14.9. The molecule has 1 aliphatic rings. The summed E-state index contributed by atoms with van der Waals surface area (Å²) < 4.78 is 0. The van der Waals surface area contributed by atoms with Crippen LogP contribution in [0.5, 0.6) is 0 Å². The van der Waals surface area contributed by atoms with Crippen LogP contribution in [-0.4, -0.2) is 47.8 Å². The van der Waals surface area contributed by atoms with Crippen molar-refractivity contribution in [2.75, 3.05) is 19.6 Å². The molecule has 102 valence electrons. The summed E-state index contributed by atoms with van der Waals surface area (Å²) in [5.74, 6) is 0.733. The van der Waals surface area contributed by atoms with Crippen molar-refractivity contribution < 1.29 is 5.11 Å². The van der Waals surface area contributed by atoms with Gasteiger partial charge < -0.3 is 10.4 Å². The first-order valence-corrected chi connectivity index (χ1v) is 7.21. The van der Waals surface area contributed by atoms with Crippen molar-refractivity contribution >= 4 is 0 Å². The number of piperidine rings is 1. The summed E-state index contributed by atoms with van der Waals surface area (Å²) in [5.41, 5.74) is 0. The average Bonchev–Trinajstić information content (AvgIpc) is 2.35. The summed E-state index contributed by atoms with van der Waals surface area (Å²) in [6.07, 6.45) is 3.55. The highest BCUT2D eigenvalue weighted by molar-refractivity contribution is 4.84. The van der Waals surface area contributed by atoms with E-state index >= 15 is 0 Å². The van der Waals surface area contributed by atoms with Gasteiger partial charge in [-0.25, -0.2) is 0 Å². The van der Waals surface area contributed by atoms with Crippen molar-refractivity contribution in [3.63, 3.8) is 0 Å². The Kier molecular flexibility index (Phi) is 6.45. The molecule has 0 aromatic carbocycles. The lowest BCUT2D eigenvalue weighted by Crippen LogP contribution is -2.50. The summed E-state index contributed by atoms with van der Waals surface area (Å²) in [7, 11) is 0. The van der Waals surface area contributed by atoms with E-state index in [1.807, 2.05) is 6.92 Å². The summed E-state index contributed by atoms with van der Waals surface area (Å²) in [6.45, 7) is 11.9. The molecule has 0 amide bonds. The molecule has 0 aromatic heterocycles. The van der Waals surface area contributed by atoms with Crippen LogP contribution in [0, 0.1) is 5.92 Å². The minimum atomic E-state index is -0.229. The van der Waals surface area contributed by atoms with Gasteiger partial charge in [0.2, 0.25) is 0 Å². The molecule has 0 bridgehead atoms. The smallest absolute Gasteiger partial charge is 0.0664 e. The second kappa shape index (κ2) is 7.34. The second-order valence-electron chi connectivity index (χ2n) is 5.62. The van der Waals surface area contributed by atoms with Crippen LogP contribution in [0.1, 0.15) is 47.0 Å². The van der Waals surface area contributed by atoms with Crippen LogP contribution >= 0.6 is 0 Å². The van der Waals surface area contributed by atoms with E-state index in [4.69, 9.17) is 0 Å². The standard InChI is InChI=1S/C14H30N2O/c1-5-8-15-11(2)14-7-6-9-16(10-14)12(3)13(4)17/h11-15,17H,5-10H2,1-4H3. The van der Waals surface area contributed by atoms with Crippen LogP contribution in [0.3, 0.4) is 0 Å². The Hall–Kier alpha value is -0.120. The molecule has 0 aromatic rings. The SMILES string of the molecule is CCCNC(C)C1CCCN(C(C)C(C)O)C1. The van der Waals surface area contributed by atoms with Gasteiger partial charge >= 0.3 is 0 Å². The third kappa shape index (κ3) is 4.57. The van der Waals surface area contributed by atoms with Gasteiger partial charge in [-0.15, -0.1) is 0 Å². The number of aliphatic hydroxyl groups is 1. The van der Waals surface area contributed by atoms with Crippen LogP contribution in [0.25, 0.3) is 0 Å². The van der Waals surface area contributed by atoms with E-state index in [0.717, 1.165) is 25.6 Å². The number of nitrogens with one attached hydrogen (secondary N) is 1. The van der Waals surface area contributed by atoms with Crippen molar-refractivity contribution in [2.45, 2.75) is 65.1 Å². The van der Waals surface area contributed by atoms with Gasteiger partial charge in [-0.2, -0.15) is 0 Å². The van der Waals surface area contributed by atoms with E-state index in [9.17, 15) is 5.11 Å². The second-order valence-corrected chi connectivity index (χ2v) is 5.62. The summed E-state index contributed by atoms with van der Waals surface area (Å²) >= 11 is 0. The first-order valence-electron chi connectivity index (χ1n) is 7.21. The molecule has 3 heteroatoms. The van der Waals surface area contributed by atoms with Gasteiger partial charge in [0, 0.05) is 18.6 Å². The van der Waals surface area contributed by atoms with Crippen LogP contribution < -0.4 is 5.32 Å². The van der Waals surface area contributed by atoms with E-state index in [-0.39, 0.29) is 12.1 Å². The minimum absolute atomic E-state index is 0.229. The Balaban J connectivity index is 2.42. The normalized spacial score (nSPS) is 27.7. The molecule has 17 heavy (non-hydrogen) atoms. The maximum atomic E-state index is 9.68. The maximum Gasteiger partial charge on any atom is 0.0664 e. The van der Waals surface area contributed by atoms with Gasteiger partial charge in [0.25, 0.3) is 0 Å². The Labute approximate surface area is 107 Å². The lowest BCUT2D eigenvalue weighted by atomic mass is 9.90. The number of hydrogen-bond acceptors (Lipinski definition) is 3. The maximum absolute atomic E-state index is 9.68. The summed E-state index contributed by atoms with van der Waals surface area (Å²) in [5, 5.41) is 13.3. The summed E-state index contributed by atoms with van der Waals surface area (Å²) in [4.78, 5) is 2.45. The molecule has 1 aliphatic heterocycles. The van der Waals surface area contributed by atoms with E-state index in [1.165, 1.54) is 19.3 Å². The van der Waals surface area contributed by atoms with Crippen LogP contribution in [0.4, 0.5) is 0 Å². The molecule has 1 heterocycles. The zero-order valence-electron chi connectivity index (χ0n) is 11.9. The largest absolute Gasteiger partial charge is 0.392 e. The third-order valence-electron chi connectivity index (χ3n) is 4.19. The molecule has 4 atom stereocenters. The molecular formula is C14H30N2O. The van der Waals surface area contributed by atoms with E-state index in [0.29, 0.717) is 6.04 Å². The molecular weight excluding hydrogens is 212 g/mol. The Morgan fingerprint density at radius 3 is 2.65 bits per heavy atom. The average molecular weight is 242 g/mol. The predicted molar refractivity (Wildman–Crippen MR) is 73.2 cm³/mol. The van der Waals surface area contributed by atoms with Gasteiger partial charge in [0.05, 0.1) is 6.10 Å². The number of likely N-dealkylation sites (tertiary alicyclic amines) is 1. The highest BCUT2D eigenvalue weighted by Gasteiger charge is 2.28. The molecule has 1 rings (SSSR count). The number of nitrogens with zero attached hydrogens (tertiary/aromatic N) is 1. The molecule has 0 spiro atoms. The first-order chi connectivity index (χ1) is 8.06. The quantitative estimate of drug-likeness (QED) is 0.746. The van der Waals surface area contributed by atoms with Crippen molar-refractivity contribution in [1.29, 1.82) is 0 Å². The fourth-order valence-corrected chi connectivity index (χ4v) is 2.66. The van der Waals surface area contributed by atoms with Crippen LogP contribution in [-0.2, 0) is 0 Å². The van der Waals surface area contributed by atoms with Crippen LogP contribution in [0.15, 0.2) is 0 Å². The third-order valence-corrected chi connectivity index (χ3v) is 4.19. The number of aliphatic hydroxyl groups excluding tert-OH is 1. The van der Waals surface area contributed by atoms with Gasteiger partial charge in [-0.3, -0.25) is 4.90 Å². The minimum Gasteiger partial charge on any atom is -0.392 e. The lowest BCUT2D eigenvalue weighted by Gasteiger charge is -2.40. The highest BCUT2D eigenvalue weighted by atomic mass is 16.3. The molecule has 1 fully saturated rings. The van der Waals surface area contributed by atoms with Crippen molar-refractivity contribution in [1.82, 2.24) is 10.2 Å². The van der Waals surface area contributed by atoms with Crippen molar-refractivity contribution in [3.8, 4) is 0 Å². The number of rotatable bonds is 6. The molecule has 1 saturated heterocycles. The monoisotopic (exact) mass is 242 g/mol. The summed E-state index contributed by atoms with van der Waals surface area (Å²) in [6, 6.07) is 0.884. The molecule has 2 N–H and O–H groups in total. The van der Waals surface area contributed by atoms with Gasteiger partial charge in [0.15, 0.2) is 0 Å². The zero-order chi connectivity index (χ0) is 12.8. The zero-order valence-corrected chi connectivity index (χ0v) is 11.9. The molecule has 0 saturated carbocycles. The topological polar surface area (TPSA) is 35.5 Å². The van der Waals surface area contributed by atoms with Gasteiger partial charge in [-0.1, -0.05) is 6.92 Å². The van der Waals surface area contributed by atoms with E-state index < -0.39 is 0 Å².